The molecule has 2 fully saturated rings. The van der Waals surface area contributed by atoms with Gasteiger partial charge in [-0.25, -0.2) is 0 Å². The fourth-order valence-electron chi connectivity index (χ4n) is 2.79. The molecule has 2 N–H and O–H groups in total. The Labute approximate surface area is 95.6 Å². The standard InChI is InChI=1S/C11H19N5/c1-2-10-13-11(15-14-10)16-6-8-4-3-5-12-9(8)7-16/h8-9,12H,2-7H2,1H3,(H,13,14,15). The van der Waals surface area contributed by atoms with Crippen LogP contribution in [0.15, 0.2) is 0 Å². The molecule has 2 aliphatic rings. The van der Waals surface area contributed by atoms with Crippen LogP contribution in [0.5, 0.6) is 0 Å². The number of aromatic nitrogens is 3. The smallest absolute Gasteiger partial charge is 0.244 e. The zero-order valence-electron chi connectivity index (χ0n) is 9.74. The van der Waals surface area contributed by atoms with E-state index in [1.54, 1.807) is 0 Å². The Kier molecular flexibility index (Phi) is 2.55. The zero-order valence-corrected chi connectivity index (χ0v) is 9.74. The van der Waals surface area contributed by atoms with Crippen molar-refractivity contribution in [2.24, 2.45) is 5.92 Å². The highest BCUT2D eigenvalue weighted by molar-refractivity contribution is 5.32. The summed E-state index contributed by atoms with van der Waals surface area (Å²) in [5, 5.41) is 10.9. The highest BCUT2D eigenvalue weighted by atomic mass is 15.4. The number of piperidine rings is 1. The van der Waals surface area contributed by atoms with Crippen LogP contribution in [-0.2, 0) is 6.42 Å². The van der Waals surface area contributed by atoms with E-state index < -0.39 is 0 Å². The van der Waals surface area contributed by atoms with Crippen LogP contribution in [0.25, 0.3) is 0 Å². The summed E-state index contributed by atoms with van der Waals surface area (Å²) in [6, 6.07) is 0.650. The van der Waals surface area contributed by atoms with Gasteiger partial charge in [-0.1, -0.05) is 6.92 Å². The lowest BCUT2D eigenvalue weighted by Gasteiger charge is -2.24. The summed E-state index contributed by atoms with van der Waals surface area (Å²) in [7, 11) is 0. The highest BCUT2D eigenvalue weighted by Gasteiger charge is 2.35. The van der Waals surface area contributed by atoms with Crippen molar-refractivity contribution in [1.82, 2.24) is 20.5 Å². The molecule has 1 aromatic heterocycles. The number of anilines is 1. The van der Waals surface area contributed by atoms with Crippen LogP contribution >= 0.6 is 0 Å². The van der Waals surface area contributed by atoms with Gasteiger partial charge in [-0.3, -0.25) is 5.10 Å². The third kappa shape index (κ3) is 1.69. The number of hydrogen-bond acceptors (Lipinski definition) is 4. The second-order valence-electron chi connectivity index (χ2n) is 4.80. The number of aromatic amines is 1. The number of nitrogens with one attached hydrogen (secondary N) is 2. The average Bonchev–Trinajstić information content (AvgIpc) is 2.95. The van der Waals surface area contributed by atoms with Crippen LogP contribution in [-0.4, -0.2) is 40.9 Å². The van der Waals surface area contributed by atoms with Crippen molar-refractivity contribution >= 4 is 5.95 Å². The molecule has 3 heterocycles. The highest BCUT2D eigenvalue weighted by Crippen LogP contribution is 2.27. The fraction of sp³-hybridized carbons (Fsp3) is 0.818. The topological polar surface area (TPSA) is 56.8 Å². The first-order valence-electron chi connectivity index (χ1n) is 6.26. The Morgan fingerprint density at radius 3 is 3.12 bits per heavy atom. The molecule has 0 spiro atoms. The number of rotatable bonds is 2. The minimum atomic E-state index is 0.650. The Morgan fingerprint density at radius 2 is 2.38 bits per heavy atom. The number of aryl methyl sites for hydroxylation is 1. The monoisotopic (exact) mass is 221 g/mol. The molecule has 0 radical (unpaired) electrons. The number of H-pyrrole nitrogens is 1. The van der Waals surface area contributed by atoms with Gasteiger partial charge in [0.1, 0.15) is 5.82 Å². The van der Waals surface area contributed by atoms with Crippen LogP contribution in [0, 0.1) is 5.92 Å². The molecule has 2 aliphatic heterocycles. The number of nitrogens with zero attached hydrogens (tertiary/aromatic N) is 3. The van der Waals surface area contributed by atoms with Gasteiger partial charge in [0.25, 0.3) is 0 Å². The lowest BCUT2D eigenvalue weighted by Crippen LogP contribution is -2.40. The van der Waals surface area contributed by atoms with Gasteiger partial charge in [-0.15, -0.1) is 5.10 Å². The first-order valence-corrected chi connectivity index (χ1v) is 6.26. The van der Waals surface area contributed by atoms with E-state index in [1.807, 2.05) is 0 Å². The molecule has 0 amide bonds. The predicted molar refractivity (Wildman–Crippen MR) is 62.5 cm³/mol. The molecule has 2 saturated heterocycles. The average molecular weight is 221 g/mol. The van der Waals surface area contributed by atoms with E-state index in [2.05, 4.69) is 32.3 Å². The van der Waals surface area contributed by atoms with Crippen molar-refractivity contribution in [3.05, 3.63) is 5.82 Å². The second kappa shape index (κ2) is 4.05. The number of hydrogen-bond donors (Lipinski definition) is 2. The van der Waals surface area contributed by atoms with Gasteiger partial charge >= 0.3 is 0 Å². The Balaban J connectivity index is 1.72. The van der Waals surface area contributed by atoms with E-state index in [-0.39, 0.29) is 0 Å². The van der Waals surface area contributed by atoms with Crippen molar-refractivity contribution in [2.45, 2.75) is 32.2 Å². The Hall–Kier alpha value is -1.10. The summed E-state index contributed by atoms with van der Waals surface area (Å²) in [6.45, 7) is 5.43. The molecular weight excluding hydrogens is 202 g/mol. The van der Waals surface area contributed by atoms with Gasteiger partial charge in [0.2, 0.25) is 5.95 Å². The van der Waals surface area contributed by atoms with Crippen molar-refractivity contribution < 1.29 is 0 Å². The molecule has 3 rings (SSSR count). The Bertz CT molecular complexity index is 347. The van der Waals surface area contributed by atoms with E-state index in [0.717, 1.165) is 37.2 Å². The van der Waals surface area contributed by atoms with Crippen molar-refractivity contribution in [2.75, 3.05) is 24.5 Å². The molecule has 0 saturated carbocycles. The quantitative estimate of drug-likeness (QED) is 0.766. The zero-order chi connectivity index (χ0) is 11.0. The first kappa shape index (κ1) is 10.1. The molecule has 2 unspecified atom stereocenters. The van der Waals surface area contributed by atoms with Crippen LogP contribution in [0.1, 0.15) is 25.6 Å². The summed E-state index contributed by atoms with van der Waals surface area (Å²) in [4.78, 5) is 6.81. The SMILES string of the molecule is CCc1nc(N2CC3CCCNC3C2)n[nH]1. The summed E-state index contributed by atoms with van der Waals surface area (Å²) >= 11 is 0. The molecule has 1 aromatic rings. The van der Waals surface area contributed by atoms with E-state index in [1.165, 1.54) is 19.4 Å². The molecule has 16 heavy (non-hydrogen) atoms. The lowest BCUT2D eigenvalue weighted by atomic mass is 9.94. The van der Waals surface area contributed by atoms with Gasteiger partial charge in [-0.05, 0) is 25.3 Å². The van der Waals surface area contributed by atoms with E-state index in [9.17, 15) is 0 Å². The van der Waals surface area contributed by atoms with Crippen molar-refractivity contribution in [3.63, 3.8) is 0 Å². The van der Waals surface area contributed by atoms with Crippen molar-refractivity contribution in [1.29, 1.82) is 0 Å². The maximum Gasteiger partial charge on any atom is 0.244 e. The second-order valence-corrected chi connectivity index (χ2v) is 4.80. The van der Waals surface area contributed by atoms with Crippen LogP contribution in [0.3, 0.4) is 0 Å². The minimum absolute atomic E-state index is 0.650. The molecule has 88 valence electrons. The van der Waals surface area contributed by atoms with E-state index in [0.29, 0.717) is 6.04 Å². The molecule has 0 aliphatic carbocycles. The van der Waals surface area contributed by atoms with Gasteiger partial charge < -0.3 is 10.2 Å². The predicted octanol–water partition coefficient (Wildman–Crippen LogP) is 0.555. The normalized spacial score (nSPS) is 29.4. The summed E-state index contributed by atoms with van der Waals surface area (Å²) in [6.07, 6.45) is 3.58. The molecular formula is C11H19N5. The third-order valence-electron chi connectivity index (χ3n) is 3.74. The third-order valence-corrected chi connectivity index (χ3v) is 3.74. The fourth-order valence-corrected chi connectivity index (χ4v) is 2.79. The molecule has 2 atom stereocenters. The molecule has 5 nitrogen and oxygen atoms in total. The van der Waals surface area contributed by atoms with Crippen LogP contribution < -0.4 is 10.2 Å². The molecule has 0 bridgehead atoms. The largest absolute Gasteiger partial charge is 0.338 e. The first-order chi connectivity index (χ1) is 7.86. The summed E-state index contributed by atoms with van der Waals surface area (Å²) < 4.78 is 0. The van der Waals surface area contributed by atoms with Gasteiger partial charge in [0.15, 0.2) is 0 Å². The van der Waals surface area contributed by atoms with Gasteiger partial charge in [0.05, 0.1) is 0 Å². The van der Waals surface area contributed by atoms with E-state index >= 15 is 0 Å². The van der Waals surface area contributed by atoms with Gasteiger partial charge in [0, 0.05) is 25.6 Å². The molecule has 5 heteroatoms. The Morgan fingerprint density at radius 1 is 1.44 bits per heavy atom. The molecule has 0 aromatic carbocycles. The van der Waals surface area contributed by atoms with Gasteiger partial charge in [-0.2, -0.15) is 4.98 Å². The number of fused-ring (bicyclic) bond motifs is 1. The minimum Gasteiger partial charge on any atom is -0.338 e. The summed E-state index contributed by atoms with van der Waals surface area (Å²) in [5.41, 5.74) is 0. The lowest BCUT2D eigenvalue weighted by molar-refractivity contribution is 0.340. The van der Waals surface area contributed by atoms with Crippen molar-refractivity contribution in [3.8, 4) is 0 Å². The van der Waals surface area contributed by atoms with E-state index in [4.69, 9.17) is 0 Å². The maximum atomic E-state index is 4.50. The summed E-state index contributed by atoms with van der Waals surface area (Å²) in [5.74, 6) is 2.66. The van der Waals surface area contributed by atoms with Crippen LogP contribution in [0.4, 0.5) is 5.95 Å². The maximum absolute atomic E-state index is 4.50. The van der Waals surface area contributed by atoms with Crippen LogP contribution in [0.2, 0.25) is 0 Å².